The van der Waals surface area contributed by atoms with Crippen LogP contribution >= 0.6 is 24.0 Å². The third kappa shape index (κ3) is 2.32. The van der Waals surface area contributed by atoms with Crippen molar-refractivity contribution in [2.45, 2.75) is 18.9 Å². The van der Waals surface area contributed by atoms with Crippen molar-refractivity contribution in [3.63, 3.8) is 0 Å². The van der Waals surface area contributed by atoms with Crippen LogP contribution in [0.1, 0.15) is 12.8 Å². The number of likely N-dealkylation sites (tertiary alicyclic amines) is 1. The monoisotopic (exact) mass is 169 g/mol. The molecule has 56 valence electrons. The van der Waals surface area contributed by atoms with Crippen LogP contribution in [0.15, 0.2) is 0 Å². The molecule has 1 aliphatic rings. The molecule has 1 fully saturated rings. The molecule has 1 aliphatic heterocycles. The van der Waals surface area contributed by atoms with Gasteiger partial charge < -0.3 is 4.90 Å². The van der Waals surface area contributed by atoms with Gasteiger partial charge in [-0.2, -0.15) is 0 Å². The Morgan fingerprint density at radius 2 is 2.33 bits per heavy atom. The van der Waals surface area contributed by atoms with E-state index in [9.17, 15) is 0 Å². The van der Waals surface area contributed by atoms with Gasteiger partial charge in [-0.15, -0.1) is 24.0 Å². The summed E-state index contributed by atoms with van der Waals surface area (Å²) in [5, 5.41) is 0. The molecule has 0 bridgehead atoms. The fraction of sp³-hybridized carbons (Fsp3) is 1.00. The average Bonchev–Trinajstić information content (AvgIpc) is 2.14. The summed E-state index contributed by atoms with van der Waals surface area (Å²) >= 11 is 5.66. The minimum atomic E-state index is 0. The van der Waals surface area contributed by atoms with Crippen LogP contribution in [0.3, 0.4) is 0 Å². The van der Waals surface area contributed by atoms with E-state index in [1.54, 1.807) is 0 Å². The summed E-state index contributed by atoms with van der Waals surface area (Å²) in [5.41, 5.74) is 0. The first kappa shape index (κ1) is 9.54. The van der Waals surface area contributed by atoms with E-state index in [0.29, 0.717) is 6.04 Å². The van der Waals surface area contributed by atoms with Crippen LogP contribution in [0.2, 0.25) is 0 Å². The summed E-state index contributed by atoms with van der Waals surface area (Å²) < 4.78 is 0. The van der Waals surface area contributed by atoms with Crippen LogP contribution in [-0.2, 0) is 0 Å². The van der Waals surface area contributed by atoms with Crippen LogP contribution in [-0.4, -0.2) is 30.4 Å². The molecule has 1 rings (SSSR count). The Balaban J connectivity index is 0.000000640. The first-order valence-electron chi connectivity index (χ1n) is 3.11. The zero-order valence-electron chi connectivity index (χ0n) is 5.64. The minimum Gasteiger partial charge on any atom is -0.302 e. The van der Waals surface area contributed by atoms with E-state index in [0.717, 1.165) is 5.88 Å². The third-order valence-electron chi connectivity index (χ3n) is 1.85. The number of rotatable bonds is 1. The van der Waals surface area contributed by atoms with Crippen molar-refractivity contribution in [3.8, 4) is 0 Å². The van der Waals surface area contributed by atoms with Gasteiger partial charge in [-0.05, 0) is 26.4 Å². The standard InChI is InChI=1S/C6H12ClN.ClH/c1-8-4-2-3-6(8)5-7;/h6H,2-5H2,1H3;1H/t6-;/m0./s1. The van der Waals surface area contributed by atoms with Crippen molar-refractivity contribution >= 4 is 24.0 Å². The fourth-order valence-electron chi connectivity index (χ4n) is 1.17. The summed E-state index contributed by atoms with van der Waals surface area (Å²) in [4.78, 5) is 2.33. The van der Waals surface area contributed by atoms with E-state index in [1.165, 1.54) is 19.4 Å². The van der Waals surface area contributed by atoms with E-state index in [1.807, 2.05) is 0 Å². The van der Waals surface area contributed by atoms with Gasteiger partial charge in [0.05, 0.1) is 0 Å². The minimum absolute atomic E-state index is 0. The van der Waals surface area contributed by atoms with Gasteiger partial charge in [0.15, 0.2) is 0 Å². The molecule has 0 N–H and O–H groups in total. The van der Waals surface area contributed by atoms with E-state index in [4.69, 9.17) is 11.6 Å². The molecule has 0 saturated carbocycles. The van der Waals surface area contributed by atoms with E-state index >= 15 is 0 Å². The molecular formula is C6H13Cl2N. The Labute approximate surface area is 67.8 Å². The highest BCUT2D eigenvalue weighted by molar-refractivity contribution is 6.18. The smallest absolute Gasteiger partial charge is 0.0379 e. The van der Waals surface area contributed by atoms with Crippen molar-refractivity contribution in [2.75, 3.05) is 19.5 Å². The normalized spacial score (nSPS) is 28.0. The predicted octanol–water partition coefficient (Wildman–Crippen LogP) is 1.74. The lowest BCUT2D eigenvalue weighted by atomic mass is 10.2. The van der Waals surface area contributed by atoms with E-state index in [-0.39, 0.29) is 12.4 Å². The molecule has 0 amide bonds. The number of nitrogens with zero attached hydrogens (tertiary/aromatic N) is 1. The summed E-state index contributed by atoms with van der Waals surface area (Å²) in [6, 6.07) is 0.664. The second-order valence-electron chi connectivity index (χ2n) is 2.43. The van der Waals surface area contributed by atoms with Crippen molar-refractivity contribution < 1.29 is 0 Å². The van der Waals surface area contributed by atoms with Crippen LogP contribution in [0, 0.1) is 0 Å². The van der Waals surface area contributed by atoms with Gasteiger partial charge in [0, 0.05) is 11.9 Å². The molecule has 0 aromatic rings. The molecule has 0 aliphatic carbocycles. The fourth-order valence-corrected chi connectivity index (χ4v) is 1.56. The number of halogens is 2. The van der Waals surface area contributed by atoms with Crippen LogP contribution < -0.4 is 0 Å². The number of hydrogen-bond donors (Lipinski definition) is 0. The van der Waals surface area contributed by atoms with Crippen molar-refractivity contribution in [1.29, 1.82) is 0 Å². The second-order valence-corrected chi connectivity index (χ2v) is 2.74. The summed E-state index contributed by atoms with van der Waals surface area (Å²) in [6.07, 6.45) is 2.62. The van der Waals surface area contributed by atoms with Gasteiger partial charge in [-0.1, -0.05) is 0 Å². The molecule has 3 heteroatoms. The highest BCUT2D eigenvalue weighted by atomic mass is 35.5. The summed E-state index contributed by atoms with van der Waals surface area (Å²) in [6.45, 7) is 1.23. The Morgan fingerprint density at radius 3 is 2.56 bits per heavy atom. The van der Waals surface area contributed by atoms with Gasteiger partial charge in [-0.25, -0.2) is 0 Å². The molecule has 0 aromatic carbocycles. The van der Waals surface area contributed by atoms with Gasteiger partial charge in [0.25, 0.3) is 0 Å². The maximum atomic E-state index is 5.66. The van der Waals surface area contributed by atoms with Crippen molar-refractivity contribution in [2.24, 2.45) is 0 Å². The predicted molar refractivity (Wildman–Crippen MR) is 43.6 cm³/mol. The zero-order chi connectivity index (χ0) is 5.98. The summed E-state index contributed by atoms with van der Waals surface area (Å²) in [5.74, 6) is 0.802. The first-order chi connectivity index (χ1) is 3.84. The molecule has 9 heavy (non-hydrogen) atoms. The number of hydrogen-bond acceptors (Lipinski definition) is 1. The third-order valence-corrected chi connectivity index (χ3v) is 2.21. The van der Waals surface area contributed by atoms with Crippen molar-refractivity contribution in [3.05, 3.63) is 0 Å². The maximum Gasteiger partial charge on any atom is 0.0379 e. The molecule has 1 atom stereocenters. The Bertz CT molecular complexity index is 77.5. The lowest BCUT2D eigenvalue weighted by Gasteiger charge is -2.14. The molecule has 0 spiro atoms. The van der Waals surface area contributed by atoms with Crippen LogP contribution in [0.25, 0.3) is 0 Å². The quantitative estimate of drug-likeness (QED) is 0.542. The lowest BCUT2D eigenvalue weighted by molar-refractivity contribution is 0.334. The van der Waals surface area contributed by atoms with Gasteiger partial charge >= 0.3 is 0 Å². The van der Waals surface area contributed by atoms with Crippen LogP contribution in [0.4, 0.5) is 0 Å². The Hall–Kier alpha value is 0.540. The van der Waals surface area contributed by atoms with Crippen molar-refractivity contribution in [1.82, 2.24) is 4.90 Å². The molecule has 0 aromatic heterocycles. The molecule has 1 nitrogen and oxygen atoms in total. The van der Waals surface area contributed by atoms with E-state index < -0.39 is 0 Å². The van der Waals surface area contributed by atoms with Crippen LogP contribution in [0.5, 0.6) is 0 Å². The van der Waals surface area contributed by atoms with Gasteiger partial charge in [0.1, 0.15) is 0 Å². The highest BCUT2D eigenvalue weighted by Crippen LogP contribution is 2.14. The SMILES string of the molecule is CN1CCC[C@H]1CCl.Cl. The van der Waals surface area contributed by atoms with E-state index in [2.05, 4.69) is 11.9 Å². The highest BCUT2D eigenvalue weighted by Gasteiger charge is 2.18. The molecule has 1 heterocycles. The second kappa shape index (κ2) is 4.37. The summed E-state index contributed by atoms with van der Waals surface area (Å²) in [7, 11) is 2.14. The Morgan fingerprint density at radius 1 is 1.67 bits per heavy atom. The van der Waals surface area contributed by atoms with Gasteiger partial charge in [0.2, 0.25) is 0 Å². The largest absolute Gasteiger partial charge is 0.302 e. The van der Waals surface area contributed by atoms with Gasteiger partial charge in [-0.3, -0.25) is 0 Å². The molecule has 0 radical (unpaired) electrons. The number of alkyl halides is 1. The topological polar surface area (TPSA) is 3.24 Å². The Kier molecular flexibility index (Phi) is 4.63. The molecule has 0 unspecified atom stereocenters. The average molecular weight is 170 g/mol. The first-order valence-corrected chi connectivity index (χ1v) is 3.64. The molecule has 1 saturated heterocycles. The zero-order valence-corrected chi connectivity index (χ0v) is 7.21. The maximum absolute atomic E-state index is 5.66. The molecular weight excluding hydrogens is 157 g/mol. The lowest BCUT2D eigenvalue weighted by Crippen LogP contribution is -2.25.